The highest BCUT2D eigenvalue weighted by Crippen LogP contribution is 2.26. The summed E-state index contributed by atoms with van der Waals surface area (Å²) in [6.07, 6.45) is 10.6. The van der Waals surface area contributed by atoms with Gasteiger partial charge in [0.2, 0.25) is 5.91 Å². The first kappa shape index (κ1) is 17.8. The summed E-state index contributed by atoms with van der Waals surface area (Å²) in [4.78, 5) is 23.0. The third-order valence-electron chi connectivity index (χ3n) is 5.65. The van der Waals surface area contributed by atoms with Gasteiger partial charge in [0.25, 0.3) is 0 Å². The number of fused-ring (bicyclic) bond motifs is 1. The van der Waals surface area contributed by atoms with Crippen LogP contribution >= 0.6 is 0 Å². The van der Waals surface area contributed by atoms with E-state index in [2.05, 4.69) is 22.1 Å². The van der Waals surface area contributed by atoms with E-state index in [4.69, 9.17) is 0 Å². The van der Waals surface area contributed by atoms with Gasteiger partial charge in [-0.25, -0.2) is 0 Å². The van der Waals surface area contributed by atoms with E-state index in [1.807, 2.05) is 41.4 Å². The van der Waals surface area contributed by atoms with E-state index in [1.165, 1.54) is 32.1 Å². The summed E-state index contributed by atoms with van der Waals surface area (Å²) in [6, 6.07) is 14.1. The highest BCUT2D eigenvalue weighted by atomic mass is 16.2. The zero-order chi connectivity index (χ0) is 18.5. The van der Waals surface area contributed by atoms with Crippen molar-refractivity contribution in [2.45, 2.75) is 45.1 Å². The van der Waals surface area contributed by atoms with Gasteiger partial charge in [0, 0.05) is 29.8 Å². The van der Waals surface area contributed by atoms with Gasteiger partial charge in [-0.1, -0.05) is 43.5 Å². The van der Waals surface area contributed by atoms with Crippen LogP contribution in [0, 0.1) is 5.92 Å². The Hall–Kier alpha value is -2.62. The van der Waals surface area contributed by atoms with Gasteiger partial charge in [0.1, 0.15) is 0 Å². The number of carbonyl (C=O) groups is 1. The minimum absolute atomic E-state index is 0.191. The van der Waals surface area contributed by atoms with E-state index < -0.39 is 0 Å². The molecule has 0 spiro atoms. The predicted molar refractivity (Wildman–Crippen MR) is 108 cm³/mol. The molecule has 140 valence electrons. The summed E-state index contributed by atoms with van der Waals surface area (Å²) in [5, 5.41) is 1.14. The standard InChI is InChI=1S/C23H27N3O/c27-23(14-19-15-25-22-12-5-4-11-21(19)22)26(16-18-8-2-1-3-9-18)17-20-10-6-7-13-24-20/h4-7,10-13,15,18,25H,1-3,8-9,14,16-17H2. The molecule has 1 N–H and O–H groups in total. The molecule has 0 bridgehead atoms. The lowest BCUT2D eigenvalue weighted by Crippen LogP contribution is -2.36. The molecule has 2 heterocycles. The van der Waals surface area contributed by atoms with Crippen LogP contribution in [0.1, 0.15) is 43.4 Å². The second-order valence-corrected chi connectivity index (χ2v) is 7.64. The Bertz CT molecular complexity index is 881. The quantitative estimate of drug-likeness (QED) is 0.691. The van der Waals surface area contributed by atoms with E-state index in [1.54, 1.807) is 6.20 Å². The number of rotatable bonds is 6. The summed E-state index contributed by atoms with van der Waals surface area (Å²) < 4.78 is 0. The minimum Gasteiger partial charge on any atom is -0.361 e. The smallest absolute Gasteiger partial charge is 0.227 e. The molecular weight excluding hydrogens is 334 g/mol. The summed E-state index contributed by atoms with van der Waals surface area (Å²) in [6.45, 7) is 1.44. The summed E-state index contributed by atoms with van der Waals surface area (Å²) >= 11 is 0. The highest BCUT2D eigenvalue weighted by Gasteiger charge is 2.22. The predicted octanol–water partition coefficient (Wildman–Crippen LogP) is 4.71. The molecule has 0 saturated heterocycles. The van der Waals surface area contributed by atoms with Crippen molar-refractivity contribution >= 4 is 16.8 Å². The van der Waals surface area contributed by atoms with Crippen molar-refractivity contribution < 1.29 is 4.79 Å². The molecule has 1 fully saturated rings. The largest absolute Gasteiger partial charge is 0.361 e. The summed E-state index contributed by atoms with van der Waals surface area (Å²) in [5.41, 5.74) is 3.12. The van der Waals surface area contributed by atoms with Gasteiger partial charge in [-0.2, -0.15) is 0 Å². The minimum atomic E-state index is 0.191. The molecule has 1 aliphatic rings. The zero-order valence-electron chi connectivity index (χ0n) is 15.7. The van der Waals surface area contributed by atoms with E-state index in [0.29, 0.717) is 18.9 Å². The van der Waals surface area contributed by atoms with Crippen LogP contribution in [0.3, 0.4) is 0 Å². The van der Waals surface area contributed by atoms with Crippen LogP contribution in [0.2, 0.25) is 0 Å². The molecule has 1 aromatic carbocycles. The highest BCUT2D eigenvalue weighted by molar-refractivity contribution is 5.88. The maximum atomic E-state index is 13.2. The molecule has 2 aromatic heterocycles. The van der Waals surface area contributed by atoms with Gasteiger partial charge in [-0.15, -0.1) is 0 Å². The lowest BCUT2D eigenvalue weighted by molar-refractivity contribution is -0.132. The van der Waals surface area contributed by atoms with Crippen molar-refractivity contribution in [1.82, 2.24) is 14.9 Å². The number of hydrogen-bond acceptors (Lipinski definition) is 2. The molecule has 0 aliphatic heterocycles. The summed E-state index contributed by atoms with van der Waals surface area (Å²) in [7, 11) is 0. The van der Waals surface area contributed by atoms with Crippen molar-refractivity contribution in [1.29, 1.82) is 0 Å². The van der Waals surface area contributed by atoms with Gasteiger partial charge in [-0.05, 0) is 42.5 Å². The number of para-hydroxylation sites is 1. The Balaban J connectivity index is 1.51. The monoisotopic (exact) mass is 361 g/mol. The zero-order valence-corrected chi connectivity index (χ0v) is 15.7. The van der Waals surface area contributed by atoms with Crippen molar-refractivity contribution in [3.05, 3.63) is 66.1 Å². The second kappa shape index (κ2) is 8.38. The van der Waals surface area contributed by atoms with Gasteiger partial charge >= 0.3 is 0 Å². The van der Waals surface area contributed by atoms with Crippen LogP contribution in [0.5, 0.6) is 0 Å². The molecule has 4 heteroatoms. The number of H-pyrrole nitrogens is 1. The Labute approximate surface area is 160 Å². The van der Waals surface area contributed by atoms with E-state index in [-0.39, 0.29) is 5.91 Å². The van der Waals surface area contributed by atoms with E-state index in [0.717, 1.165) is 28.7 Å². The molecular formula is C23H27N3O. The molecule has 4 nitrogen and oxygen atoms in total. The first-order chi connectivity index (χ1) is 13.3. The number of aromatic amines is 1. The van der Waals surface area contributed by atoms with Crippen molar-refractivity contribution in [2.24, 2.45) is 5.92 Å². The maximum Gasteiger partial charge on any atom is 0.227 e. The molecule has 1 saturated carbocycles. The molecule has 4 rings (SSSR count). The number of nitrogens with one attached hydrogen (secondary N) is 1. The normalized spacial score (nSPS) is 15.1. The number of nitrogens with zero attached hydrogens (tertiary/aromatic N) is 2. The molecule has 1 amide bonds. The third kappa shape index (κ3) is 4.38. The fourth-order valence-electron chi connectivity index (χ4n) is 4.18. The number of pyridine rings is 1. The van der Waals surface area contributed by atoms with Crippen molar-refractivity contribution in [3.8, 4) is 0 Å². The first-order valence-corrected chi connectivity index (χ1v) is 10.0. The lowest BCUT2D eigenvalue weighted by atomic mass is 9.89. The maximum absolute atomic E-state index is 13.2. The fraction of sp³-hybridized carbons (Fsp3) is 0.391. The first-order valence-electron chi connectivity index (χ1n) is 10.0. The molecule has 0 atom stereocenters. The van der Waals surface area contributed by atoms with Crippen LogP contribution in [-0.4, -0.2) is 27.3 Å². The van der Waals surface area contributed by atoms with Gasteiger partial charge in [0.05, 0.1) is 18.7 Å². The molecule has 3 aromatic rings. The lowest BCUT2D eigenvalue weighted by Gasteiger charge is -2.30. The fourth-order valence-corrected chi connectivity index (χ4v) is 4.18. The van der Waals surface area contributed by atoms with Crippen molar-refractivity contribution in [2.75, 3.05) is 6.54 Å². The number of benzene rings is 1. The molecule has 1 aliphatic carbocycles. The van der Waals surface area contributed by atoms with E-state index >= 15 is 0 Å². The van der Waals surface area contributed by atoms with Gasteiger partial charge in [-0.3, -0.25) is 9.78 Å². The average molecular weight is 361 g/mol. The van der Waals surface area contributed by atoms with Gasteiger partial charge in [0.15, 0.2) is 0 Å². The molecule has 27 heavy (non-hydrogen) atoms. The SMILES string of the molecule is O=C(Cc1c[nH]c2ccccc12)N(Cc1ccccn1)CC1CCCCC1. The Morgan fingerprint density at radius 3 is 2.70 bits per heavy atom. The van der Waals surface area contributed by atoms with Crippen LogP contribution in [0.25, 0.3) is 10.9 Å². The number of aromatic nitrogens is 2. The number of amides is 1. The molecule has 0 radical (unpaired) electrons. The second-order valence-electron chi connectivity index (χ2n) is 7.64. The third-order valence-corrected chi connectivity index (χ3v) is 5.65. The Kier molecular flexibility index (Phi) is 5.52. The molecule has 0 unspecified atom stereocenters. The van der Waals surface area contributed by atoms with Crippen LogP contribution in [0.4, 0.5) is 0 Å². The Morgan fingerprint density at radius 1 is 1.07 bits per heavy atom. The van der Waals surface area contributed by atoms with E-state index in [9.17, 15) is 4.79 Å². The van der Waals surface area contributed by atoms with Crippen molar-refractivity contribution in [3.63, 3.8) is 0 Å². The van der Waals surface area contributed by atoms with Crippen LogP contribution in [0.15, 0.2) is 54.9 Å². The van der Waals surface area contributed by atoms with Crippen LogP contribution < -0.4 is 0 Å². The number of carbonyl (C=O) groups excluding carboxylic acids is 1. The topological polar surface area (TPSA) is 49.0 Å². The number of hydrogen-bond donors (Lipinski definition) is 1. The Morgan fingerprint density at radius 2 is 1.89 bits per heavy atom. The van der Waals surface area contributed by atoms with Crippen LogP contribution in [-0.2, 0) is 17.8 Å². The summed E-state index contributed by atoms with van der Waals surface area (Å²) in [5.74, 6) is 0.811. The average Bonchev–Trinajstić information content (AvgIpc) is 3.12. The van der Waals surface area contributed by atoms with Gasteiger partial charge < -0.3 is 9.88 Å².